The number of amides is 1. The molecule has 1 amide bonds. The summed E-state index contributed by atoms with van der Waals surface area (Å²) in [6, 6.07) is 11.2. The fraction of sp³-hybridized carbons (Fsp3) is 0.353. The predicted molar refractivity (Wildman–Crippen MR) is 89.3 cm³/mol. The van der Waals surface area contributed by atoms with Crippen LogP contribution in [-0.4, -0.2) is 55.3 Å². The maximum Gasteiger partial charge on any atom is 0.270 e. The van der Waals surface area contributed by atoms with Crippen LogP contribution in [0.1, 0.15) is 10.5 Å². The standard InChI is InChI=1S/C17H20N4O3/c22-17(18-6-9-24-14-4-2-1-3-5-14)15-12-16(20-13-19-15)21-7-10-23-11-8-21/h1-5,12-13H,6-11H2,(H,18,22). The average molecular weight is 328 g/mol. The monoisotopic (exact) mass is 328 g/mol. The van der Waals surface area contributed by atoms with Crippen LogP contribution in [0.15, 0.2) is 42.7 Å². The lowest BCUT2D eigenvalue weighted by Crippen LogP contribution is -2.37. The van der Waals surface area contributed by atoms with Crippen LogP contribution in [-0.2, 0) is 4.74 Å². The molecule has 1 N–H and O–H groups in total. The van der Waals surface area contributed by atoms with E-state index in [0.717, 1.165) is 24.7 Å². The molecule has 0 bridgehead atoms. The predicted octanol–water partition coefficient (Wildman–Crippen LogP) is 1.12. The second-order valence-electron chi connectivity index (χ2n) is 5.28. The topological polar surface area (TPSA) is 76.6 Å². The van der Waals surface area contributed by atoms with Crippen molar-refractivity contribution < 1.29 is 14.3 Å². The van der Waals surface area contributed by atoms with Gasteiger partial charge in [0, 0.05) is 19.2 Å². The Labute approximate surface area is 140 Å². The van der Waals surface area contributed by atoms with Gasteiger partial charge in [0.25, 0.3) is 5.91 Å². The van der Waals surface area contributed by atoms with Gasteiger partial charge in [-0.1, -0.05) is 18.2 Å². The number of ether oxygens (including phenoxy) is 2. The summed E-state index contributed by atoms with van der Waals surface area (Å²) in [6.45, 7) is 3.68. The van der Waals surface area contributed by atoms with Crippen LogP contribution >= 0.6 is 0 Å². The van der Waals surface area contributed by atoms with Crippen LogP contribution in [0.4, 0.5) is 5.82 Å². The second-order valence-corrected chi connectivity index (χ2v) is 5.28. The minimum atomic E-state index is -0.233. The molecule has 1 aliphatic heterocycles. The van der Waals surface area contributed by atoms with E-state index in [1.54, 1.807) is 6.07 Å². The van der Waals surface area contributed by atoms with E-state index in [0.29, 0.717) is 32.1 Å². The minimum Gasteiger partial charge on any atom is -0.492 e. The minimum absolute atomic E-state index is 0.233. The molecule has 0 spiro atoms. The molecule has 2 aromatic rings. The van der Waals surface area contributed by atoms with Gasteiger partial charge in [-0.2, -0.15) is 0 Å². The summed E-state index contributed by atoms with van der Waals surface area (Å²) in [5.74, 6) is 1.30. The van der Waals surface area contributed by atoms with Gasteiger partial charge in [-0.05, 0) is 12.1 Å². The zero-order valence-electron chi connectivity index (χ0n) is 13.4. The van der Waals surface area contributed by atoms with Crippen molar-refractivity contribution in [3.63, 3.8) is 0 Å². The molecule has 0 unspecified atom stereocenters. The molecular formula is C17H20N4O3. The van der Waals surface area contributed by atoms with Crippen molar-refractivity contribution in [1.82, 2.24) is 15.3 Å². The number of carbonyl (C=O) groups excluding carboxylic acids is 1. The van der Waals surface area contributed by atoms with E-state index in [1.165, 1.54) is 6.33 Å². The fourth-order valence-corrected chi connectivity index (χ4v) is 2.38. The normalized spacial score (nSPS) is 14.2. The van der Waals surface area contributed by atoms with Crippen molar-refractivity contribution in [3.8, 4) is 5.75 Å². The van der Waals surface area contributed by atoms with Crippen LogP contribution in [0.3, 0.4) is 0 Å². The number of nitrogens with zero attached hydrogens (tertiary/aromatic N) is 3. The van der Waals surface area contributed by atoms with Gasteiger partial charge in [-0.3, -0.25) is 4.79 Å². The molecule has 24 heavy (non-hydrogen) atoms. The number of morpholine rings is 1. The quantitative estimate of drug-likeness (QED) is 0.801. The molecule has 1 aromatic heterocycles. The highest BCUT2D eigenvalue weighted by Crippen LogP contribution is 2.12. The van der Waals surface area contributed by atoms with Crippen molar-refractivity contribution in [2.75, 3.05) is 44.4 Å². The summed E-state index contributed by atoms with van der Waals surface area (Å²) in [5, 5.41) is 2.80. The molecule has 7 heteroatoms. The lowest BCUT2D eigenvalue weighted by atomic mass is 10.3. The fourth-order valence-electron chi connectivity index (χ4n) is 2.38. The zero-order chi connectivity index (χ0) is 16.6. The molecule has 0 saturated carbocycles. The van der Waals surface area contributed by atoms with Gasteiger partial charge in [-0.25, -0.2) is 9.97 Å². The Balaban J connectivity index is 1.49. The Morgan fingerprint density at radius 2 is 2.00 bits per heavy atom. The SMILES string of the molecule is O=C(NCCOc1ccccc1)c1cc(N2CCOCC2)ncn1. The summed E-state index contributed by atoms with van der Waals surface area (Å²) >= 11 is 0. The number of benzene rings is 1. The number of anilines is 1. The average Bonchev–Trinajstić information content (AvgIpc) is 2.67. The summed E-state index contributed by atoms with van der Waals surface area (Å²) in [7, 11) is 0. The number of hydrogen-bond donors (Lipinski definition) is 1. The number of rotatable bonds is 6. The van der Waals surface area contributed by atoms with Gasteiger partial charge in [0.15, 0.2) is 0 Å². The number of para-hydroxylation sites is 1. The molecule has 2 heterocycles. The molecule has 1 aliphatic rings. The first kappa shape index (κ1) is 16.2. The molecule has 1 saturated heterocycles. The molecule has 126 valence electrons. The van der Waals surface area contributed by atoms with Crippen LogP contribution in [0.25, 0.3) is 0 Å². The van der Waals surface area contributed by atoms with E-state index in [9.17, 15) is 4.79 Å². The molecule has 3 rings (SSSR count). The van der Waals surface area contributed by atoms with E-state index in [1.807, 2.05) is 30.3 Å². The Hall–Kier alpha value is -2.67. The smallest absolute Gasteiger partial charge is 0.270 e. The summed E-state index contributed by atoms with van der Waals surface area (Å²) < 4.78 is 10.9. The van der Waals surface area contributed by atoms with E-state index >= 15 is 0 Å². The molecule has 0 radical (unpaired) electrons. The van der Waals surface area contributed by atoms with E-state index < -0.39 is 0 Å². The highest BCUT2D eigenvalue weighted by molar-refractivity contribution is 5.92. The highest BCUT2D eigenvalue weighted by atomic mass is 16.5. The number of carbonyl (C=O) groups is 1. The van der Waals surface area contributed by atoms with Gasteiger partial charge in [-0.15, -0.1) is 0 Å². The van der Waals surface area contributed by atoms with Crippen molar-refractivity contribution in [2.45, 2.75) is 0 Å². The van der Waals surface area contributed by atoms with Crippen molar-refractivity contribution >= 4 is 11.7 Å². The first-order chi connectivity index (χ1) is 11.8. The van der Waals surface area contributed by atoms with E-state index in [2.05, 4.69) is 20.2 Å². The first-order valence-electron chi connectivity index (χ1n) is 7.94. The maximum absolute atomic E-state index is 12.2. The van der Waals surface area contributed by atoms with Gasteiger partial charge in [0.05, 0.1) is 19.8 Å². The largest absolute Gasteiger partial charge is 0.492 e. The highest BCUT2D eigenvalue weighted by Gasteiger charge is 2.15. The van der Waals surface area contributed by atoms with Crippen molar-refractivity contribution in [3.05, 3.63) is 48.4 Å². The molecule has 0 atom stereocenters. The number of hydrogen-bond acceptors (Lipinski definition) is 6. The third-order valence-corrected chi connectivity index (χ3v) is 3.62. The Morgan fingerprint density at radius 3 is 2.79 bits per heavy atom. The molecule has 1 aromatic carbocycles. The molecule has 1 fully saturated rings. The third kappa shape index (κ3) is 4.42. The lowest BCUT2D eigenvalue weighted by Gasteiger charge is -2.27. The molecule has 7 nitrogen and oxygen atoms in total. The Morgan fingerprint density at radius 1 is 1.21 bits per heavy atom. The van der Waals surface area contributed by atoms with Crippen molar-refractivity contribution in [1.29, 1.82) is 0 Å². The summed E-state index contributed by atoms with van der Waals surface area (Å²) in [5.41, 5.74) is 0.353. The molecule has 0 aliphatic carbocycles. The van der Waals surface area contributed by atoms with Crippen LogP contribution < -0.4 is 15.0 Å². The van der Waals surface area contributed by atoms with Crippen LogP contribution in [0.5, 0.6) is 5.75 Å². The van der Waals surface area contributed by atoms with Gasteiger partial charge in [0.2, 0.25) is 0 Å². The molecular weight excluding hydrogens is 308 g/mol. The van der Waals surface area contributed by atoms with Crippen LogP contribution in [0.2, 0.25) is 0 Å². The van der Waals surface area contributed by atoms with Gasteiger partial charge in [0.1, 0.15) is 30.2 Å². The third-order valence-electron chi connectivity index (χ3n) is 3.62. The van der Waals surface area contributed by atoms with Crippen LogP contribution in [0, 0.1) is 0 Å². The van der Waals surface area contributed by atoms with Crippen molar-refractivity contribution in [2.24, 2.45) is 0 Å². The Bertz CT molecular complexity index is 660. The Kier molecular flexibility index (Phi) is 5.57. The van der Waals surface area contributed by atoms with Gasteiger partial charge >= 0.3 is 0 Å². The first-order valence-corrected chi connectivity index (χ1v) is 7.94. The maximum atomic E-state index is 12.2. The zero-order valence-corrected chi connectivity index (χ0v) is 13.4. The number of aromatic nitrogens is 2. The lowest BCUT2D eigenvalue weighted by molar-refractivity contribution is 0.0942. The van der Waals surface area contributed by atoms with Gasteiger partial charge < -0.3 is 19.7 Å². The van der Waals surface area contributed by atoms with E-state index in [-0.39, 0.29) is 5.91 Å². The summed E-state index contributed by atoms with van der Waals surface area (Å²) in [4.78, 5) is 22.6. The summed E-state index contributed by atoms with van der Waals surface area (Å²) in [6.07, 6.45) is 1.42. The number of nitrogens with one attached hydrogen (secondary N) is 1. The van der Waals surface area contributed by atoms with E-state index in [4.69, 9.17) is 9.47 Å². The second kappa shape index (κ2) is 8.26.